The summed E-state index contributed by atoms with van der Waals surface area (Å²) in [6, 6.07) is 0. The maximum Gasteiger partial charge on any atom is 0.305 e. The van der Waals surface area contributed by atoms with E-state index in [0.717, 1.165) is 6.67 Å². The Hall–Kier alpha value is -1.27. The number of hydrogen-bond acceptors (Lipinski definition) is 5. The normalized spacial score (nSPS) is 13.4. The van der Waals surface area contributed by atoms with Gasteiger partial charge in [0.15, 0.2) is 0 Å². The highest BCUT2D eigenvalue weighted by molar-refractivity contribution is 5.66. The molecule has 1 aliphatic rings. The number of aliphatic carboxylic acids is 1. The van der Waals surface area contributed by atoms with E-state index in [9.17, 15) is 4.79 Å². The predicted octanol–water partition coefficient (Wildman–Crippen LogP) is 1.20. The standard InChI is InChI=1S/C7H14N2.C6H12O4/c1-3-4-9-6-5-8(2)7-9;1-9-4-5-10-3-2-6(7)8/h5-6H,3-4,7H2,1-2H3;2-5H2,1H3,(H,7,8). The van der Waals surface area contributed by atoms with E-state index in [1.165, 1.54) is 13.0 Å². The van der Waals surface area contributed by atoms with Crippen LogP contribution in [0, 0.1) is 0 Å². The zero-order valence-corrected chi connectivity index (χ0v) is 12.2. The van der Waals surface area contributed by atoms with E-state index in [1.54, 1.807) is 7.11 Å². The minimum atomic E-state index is -0.836. The van der Waals surface area contributed by atoms with Gasteiger partial charge in [0.05, 0.1) is 32.9 Å². The number of nitrogens with zero attached hydrogens (tertiary/aromatic N) is 2. The zero-order chi connectivity index (χ0) is 14.5. The van der Waals surface area contributed by atoms with Crippen LogP contribution < -0.4 is 0 Å². The van der Waals surface area contributed by atoms with E-state index < -0.39 is 5.97 Å². The fraction of sp³-hybridized carbons (Fsp3) is 0.769. The van der Waals surface area contributed by atoms with Crippen molar-refractivity contribution in [1.29, 1.82) is 0 Å². The number of carboxylic acids is 1. The first-order valence-corrected chi connectivity index (χ1v) is 6.51. The van der Waals surface area contributed by atoms with Crippen molar-refractivity contribution in [3.05, 3.63) is 12.4 Å². The van der Waals surface area contributed by atoms with Gasteiger partial charge in [-0.15, -0.1) is 0 Å². The van der Waals surface area contributed by atoms with Gasteiger partial charge in [0.2, 0.25) is 0 Å². The molecule has 0 spiro atoms. The summed E-state index contributed by atoms with van der Waals surface area (Å²) in [5.74, 6) is -0.836. The summed E-state index contributed by atoms with van der Waals surface area (Å²) < 4.78 is 9.56. The lowest BCUT2D eigenvalue weighted by atomic mass is 10.4. The Labute approximate surface area is 115 Å². The topological polar surface area (TPSA) is 62.2 Å². The molecule has 0 bridgehead atoms. The Morgan fingerprint density at radius 1 is 1.32 bits per heavy atom. The van der Waals surface area contributed by atoms with Gasteiger partial charge in [0.1, 0.15) is 0 Å². The Morgan fingerprint density at radius 3 is 2.53 bits per heavy atom. The molecule has 1 heterocycles. The summed E-state index contributed by atoms with van der Waals surface area (Å²) in [6.07, 6.45) is 5.54. The first-order chi connectivity index (χ1) is 9.10. The third-order valence-electron chi connectivity index (χ3n) is 2.34. The smallest absolute Gasteiger partial charge is 0.305 e. The monoisotopic (exact) mass is 274 g/mol. The van der Waals surface area contributed by atoms with E-state index in [1.807, 2.05) is 0 Å². The summed E-state index contributed by atoms with van der Waals surface area (Å²) >= 11 is 0. The maximum atomic E-state index is 9.92. The summed E-state index contributed by atoms with van der Waals surface area (Å²) in [5.41, 5.74) is 0. The molecule has 1 N–H and O–H groups in total. The van der Waals surface area contributed by atoms with Crippen molar-refractivity contribution in [2.45, 2.75) is 19.8 Å². The van der Waals surface area contributed by atoms with Crippen LogP contribution in [0.3, 0.4) is 0 Å². The molecule has 6 heteroatoms. The second-order valence-electron chi connectivity index (χ2n) is 4.26. The molecule has 0 aromatic rings. The number of carboxylic acid groups (broad SMARTS) is 1. The van der Waals surface area contributed by atoms with E-state index in [0.29, 0.717) is 13.2 Å². The van der Waals surface area contributed by atoms with Crippen molar-refractivity contribution in [3.8, 4) is 0 Å². The SMILES string of the molecule is CCCN1C=CN(C)C1.COCCOCCC(=O)O. The lowest BCUT2D eigenvalue weighted by molar-refractivity contribution is -0.138. The average molecular weight is 274 g/mol. The van der Waals surface area contributed by atoms with E-state index >= 15 is 0 Å². The van der Waals surface area contributed by atoms with Crippen LogP contribution in [0.5, 0.6) is 0 Å². The minimum absolute atomic E-state index is 0.0592. The first-order valence-electron chi connectivity index (χ1n) is 6.51. The summed E-state index contributed by atoms with van der Waals surface area (Å²) in [5, 5.41) is 8.16. The molecule has 0 atom stereocenters. The third-order valence-corrected chi connectivity index (χ3v) is 2.34. The molecule has 0 saturated heterocycles. The highest BCUT2D eigenvalue weighted by Gasteiger charge is 2.04. The van der Waals surface area contributed by atoms with Crippen molar-refractivity contribution >= 4 is 5.97 Å². The van der Waals surface area contributed by atoms with Crippen molar-refractivity contribution in [2.75, 3.05) is 47.2 Å². The van der Waals surface area contributed by atoms with Gasteiger partial charge in [0, 0.05) is 33.1 Å². The number of rotatable bonds is 8. The van der Waals surface area contributed by atoms with Crippen LogP contribution in [0.25, 0.3) is 0 Å². The van der Waals surface area contributed by atoms with Gasteiger partial charge in [-0.1, -0.05) is 6.92 Å². The highest BCUT2D eigenvalue weighted by Crippen LogP contribution is 2.02. The Balaban J connectivity index is 0.000000342. The number of methoxy groups -OCH3 is 1. The van der Waals surface area contributed by atoms with Gasteiger partial charge in [0.25, 0.3) is 0 Å². The molecular weight excluding hydrogens is 248 g/mol. The Morgan fingerprint density at radius 2 is 2.05 bits per heavy atom. The summed E-state index contributed by atoms with van der Waals surface area (Å²) in [7, 11) is 3.66. The van der Waals surface area contributed by atoms with Crippen molar-refractivity contribution in [2.24, 2.45) is 0 Å². The van der Waals surface area contributed by atoms with Crippen LogP contribution >= 0.6 is 0 Å². The van der Waals surface area contributed by atoms with Crippen LogP contribution in [-0.2, 0) is 14.3 Å². The lowest BCUT2D eigenvalue weighted by Gasteiger charge is -2.16. The number of ether oxygens (including phenoxy) is 2. The zero-order valence-electron chi connectivity index (χ0n) is 12.2. The highest BCUT2D eigenvalue weighted by atomic mass is 16.5. The van der Waals surface area contributed by atoms with E-state index in [2.05, 4.69) is 40.9 Å². The molecule has 0 saturated carbocycles. The van der Waals surface area contributed by atoms with Crippen LogP contribution in [0.15, 0.2) is 12.4 Å². The quantitative estimate of drug-likeness (QED) is 0.671. The van der Waals surface area contributed by atoms with Gasteiger partial charge < -0.3 is 24.4 Å². The van der Waals surface area contributed by atoms with Crippen molar-refractivity contribution in [1.82, 2.24) is 9.80 Å². The predicted molar refractivity (Wildman–Crippen MR) is 73.7 cm³/mol. The molecule has 0 unspecified atom stereocenters. The maximum absolute atomic E-state index is 9.92. The Kier molecular flexibility index (Phi) is 11.0. The molecule has 0 aromatic heterocycles. The molecule has 0 fully saturated rings. The molecule has 19 heavy (non-hydrogen) atoms. The second-order valence-corrected chi connectivity index (χ2v) is 4.26. The summed E-state index contributed by atoms with van der Waals surface area (Å²) in [4.78, 5) is 14.4. The van der Waals surface area contributed by atoms with Gasteiger partial charge in [-0.2, -0.15) is 0 Å². The van der Waals surface area contributed by atoms with Gasteiger partial charge in [-0.05, 0) is 6.42 Å². The second kappa shape index (κ2) is 11.8. The molecule has 1 rings (SSSR count). The largest absolute Gasteiger partial charge is 0.481 e. The molecule has 0 radical (unpaired) electrons. The first kappa shape index (κ1) is 17.7. The number of carbonyl (C=O) groups is 1. The average Bonchev–Trinajstić information content (AvgIpc) is 2.76. The molecule has 6 nitrogen and oxygen atoms in total. The lowest BCUT2D eigenvalue weighted by Crippen LogP contribution is -2.22. The minimum Gasteiger partial charge on any atom is -0.481 e. The fourth-order valence-corrected chi connectivity index (χ4v) is 1.43. The number of hydrogen-bond donors (Lipinski definition) is 1. The summed E-state index contributed by atoms with van der Waals surface area (Å²) in [6.45, 7) is 5.68. The van der Waals surface area contributed by atoms with E-state index in [4.69, 9.17) is 9.84 Å². The van der Waals surface area contributed by atoms with Gasteiger partial charge >= 0.3 is 5.97 Å². The van der Waals surface area contributed by atoms with Crippen LogP contribution in [0.4, 0.5) is 0 Å². The van der Waals surface area contributed by atoms with Gasteiger partial charge in [-0.3, -0.25) is 4.79 Å². The molecular formula is C13H26N2O4. The molecule has 1 aliphatic heterocycles. The van der Waals surface area contributed by atoms with E-state index in [-0.39, 0.29) is 13.0 Å². The van der Waals surface area contributed by atoms with Gasteiger partial charge in [-0.25, -0.2) is 0 Å². The molecule has 0 aliphatic carbocycles. The fourth-order valence-electron chi connectivity index (χ4n) is 1.43. The van der Waals surface area contributed by atoms with Crippen LogP contribution in [-0.4, -0.2) is 68.1 Å². The molecule has 0 amide bonds. The van der Waals surface area contributed by atoms with Crippen LogP contribution in [0.1, 0.15) is 19.8 Å². The van der Waals surface area contributed by atoms with Crippen molar-refractivity contribution < 1.29 is 19.4 Å². The van der Waals surface area contributed by atoms with Crippen LogP contribution in [0.2, 0.25) is 0 Å². The van der Waals surface area contributed by atoms with Crippen molar-refractivity contribution in [3.63, 3.8) is 0 Å². The third kappa shape index (κ3) is 11.5. The molecule has 112 valence electrons. The Bertz CT molecular complexity index is 259. The molecule has 0 aromatic carbocycles.